The second-order valence-electron chi connectivity index (χ2n) is 4.92. The van der Waals surface area contributed by atoms with Crippen molar-refractivity contribution in [1.82, 2.24) is 4.90 Å². The third-order valence-corrected chi connectivity index (χ3v) is 3.96. The summed E-state index contributed by atoms with van der Waals surface area (Å²) in [7, 11) is -3.39. The molecule has 0 unspecified atom stereocenters. The van der Waals surface area contributed by atoms with E-state index in [2.05, 4.69) is 5.16 Å². The van der Waals surface area contributed by atoms with Crippen LogP contribution in [0, 0.1) is 0 Å². The number of hydrogen-bond donors (Lipinski definition) is 2. The van der Waals surface area contributed by atoms with Gasteiger partial charge in [-0.2, -0.15) is 0 Å². The van der Waals surface area contributed by atoms with Gasteiger partial charge in [-0.15, -0.1) is 0 Å². The Morgan fingerprint density at radius 2 is 2.05 bits per heavy atom. The average molecular weight is 313 g/mol. The zero-order valence-electron chi connectivity index (χ0n) is 12.1. The van der Waals surface area contributed by atoms with Gasteiger partial charge in [0.05, 0.1) is 11.4 Å². The molecule has 0 fully saturated rings. The van der Waals surface area contributed by atoms with Crippen molar-refractivity contribution in [3.63, 3.8) is 0 Å². The molecule has 0 aliphatic rings. The van der Waals surface area contributed by atoms with E-state index in [0.717, 1.165) is 6.26 Å². The Balaban J connectivity index is 3.16. The largest absolute Gasteiger partial charge is 0.409 e. The molecule has 1 aromatic carbocycles. The molecule has 0 aliphatic heterocycles. The number of nitrogens with zero attached hydrogens (tertiary/aromatic N) is 2. The molecule has 7 nitrogen and oxygen atoms in total. The van der Waals surface area contributed by atoms with Crippen LogP contribution >= 0.6 is 0 Å². The first-order valence-electron chi connectivity index (χ1n) is 6.24. The van der Waals surface area contributed by atoms with Gasteiger partial charge in [-0.05, 0) is 32.0 Å². The van der Waals surface area contributed by atoms with E-state index < -0.39 is 9.84 Å². The minimum absolute atomic E-state index is 0.0455. The maximum Gasteiger partial charge on any atom is 0.254 e. The van der Waals surface area contributed by atoms with Crippen molar-refractivity contribution in [3.8, 4) is 0 Å². The summed E-state index contributed by atoms with van der Waals surface area (Å²) >= 11 is 0. The van der Waals surface area contributed by atoms with Crippen molar-refractivity contribution >= 4 is 21.6 Å². The van der Waals surface area contributed by atoms with Gasteiger partial charge < -0.3 is 15.8 Å². The number of carbonyl (C=O) groups is 1. The first-order valence-corrected chi connectivity index (χ1v) is 8.13. The van der Waals surface area contributed by atoms with Crippen LogP contribution in [0.5, 0.6) is 0 Å². The number of rotatable bonds is 5. The molecule has 8 heteroatoms. The first kappa shape index (κ1) is 17.0. The van der Waals surface area contributed by atoms with Crippen molar-refractivity contribution in [2.45, 2.75) is 24.8 Å². The normalized spacial score (nSPS) is 12.5. The summed E-state index contributed by atoms with van der Waals surface area (Å²) in [5, 5.41) is 11.5. The zero-order chi connectivity index (χ0) is 16.2. The Kier molecular flexibility index (Phi) is 5.31. The van der Waals surface area contributed by atoms with E-state index in [1.165, 1.54) is 29.2 Å². The Hall–Kier alpha value is -2.09. The van der Waals surface area contributed by atoms with Crippen LogP contribution in [0.4, 0.5) is 0 Å². The molecule has 0 saturated carbocycles. The fourth-order valence-electron chi connectivity index (χ4n) is 1.72. The average Bonchev–Trinajstić information content (AvgIpc) is 2.42. The lowest BCUT2D eigenvalue weighted by molar-refractivity contribution is 0.0734. The van der Waals surface area contributed by atoms with Crippen LogP contribution in [0.3, 0.4) is 0 Å². The van der Waals surface area contributed by atoms with Crippen LogP contribution in [-0.4, -0.2) is 49.1 Å². The van der Waals surface area contributed by atoms with Crippen LogP contribution < -0.4 is 5.73 Å². The number of oxime groups is 1. The zero-order valence-corrected chi connectivity index (χ0v) is 13.0. The molecule has 0 heterocycles. The van der Waals surface area contributed by atoms with Crippen molar-refractivity contribution in [2.75, 3.05) is 12.8 Å². The van der Waals surface area contributed by atoms with Crippen molar-refractivity contribution < 1.29 is 18.4 Å². The quantitative estimate of drug-likeness (QED) is 0.359. The summed E-state index contributed by atoms with van der Waals surface area (Å²) in [6.45, 7) is 3.52. The van der Waals surface area contributed by atoms with E-state index in [9.17, 15) is 13.2 Å². The van der Waals surface area contributed by atoms with Crippen molar-refractivity contribution in [1.29, 1.82) is 0 Å². The Morgan fingerprint density at radius 1 is 1.43 bits per heavy atom. The summed E-state index contributed by atoms with van der Waals surface area (Å²) in [4.78, 5) is 13.9. The molecule has 116 valence electrons. The van der Waals surface area contributed by atoms with Crippen LogP contribution in [0.2, 0.25) is 0 Å². The Morgan fingerprint density at radius 3 is 2.52 bits per heavy atom. The highest BCUT2D eigenvalue weighted by Crippen LogP contribution is 2.14. The highest BCUT2D eigenvalue weighted by atomic mass is 32.2. The summed E-state index contributed by atoms with van der Waals surface area (Å²) in [5.41, 5.74) is 5.67. The molecule has 1 amide bonds. The number of nitrogens with two attached hydrogens (primary N) is 1. The van der Waals surface area contributed by atoms with E-state index in [4.69, 9.17) is 10.9 Å². The second kappa shape index (κ2) is 6.57. The maximum atomic E-state index is 12.5. The van der Waals surface area contributed by atoms with Crippen molar-refractivity contribution in [3.05, 3.63) is 29.8 Å². The molecule has 0 spiro atoms. The molecule has 1 rings (SSSR count). The third kappa shape index (κ3) is 4.45. The number of amidine groups is 1. The van der Waals surface area contributed by atoms with Gasteiger partial charge in [0.2, 0.25) is 0 Å². The maximum absolute atomic E-state index is 12.5. The van der Waals surface area contributed by atoms with E-state index in [1.807, 2.05) is 0 Å². The summed E-state index contributed by atoms with van der Waals surface area (Å²) < 4.78 is 23.1. The Bertz CT molecular complexity index is 653. The molecular formula is C13H19N3O4S. The van der Waals surface area contributed by atoms with Gasteiger partial charge in [-0.1, -0.05) is 11.2 Å². The molecule has 0 bridgehead atoms. The molecule has 21 heavy (non-hydrogen) atoms. The first-order chi connectivity index (χ1) is 9.66. The lowest BCUT2D eigenvalue weighted by atomic mass is 10.1. The fourth-order valence-corrected chi connectivity index (χ4v) is 2.39. The number of amides is 1. The predicted molar refractivity (Wildman–Crippen MR) is 79.1 cm³/mol. The van der Waals surface area contributed by atoms with Gasteiger partial charge in [0.25, 0.3) is 5.91 Å². The monoisotopic (exact) mass is 313 g/mol. The van der Waals surface area contributed by atoms with Gasteiger partial charge in [0.15, 0.2) is 15.7 Å². The van der Waals surface area contributed by atoms with Crippen LogP contribution in [-0.2, 0) is 9.84 Å². The van der Waals surface area contributed by atoms with Crippen molar-refractivity contribution in [2.24, 2.45) is 10.9 Å². The lowest BCUT2D eigenvalue weighted by Crippen LogP contribution is -2.42. The highest BCUT2D eigenvalue weighted by molar-refractivity contribution is 7.90. The molecular weight excluding hydrogens is 294 g/mol. The van der Waals surface area contributed by atoms with E-state index in [1.54, 1.807) is 13.8 Å². The molecule has 3 N–H and O–H groups in total. The third-order valence-electron chi connectivity index (χ3n) is 2.85. The number of hydrogen-bond acceptors (Lipinski definition) is 5. The van der Waals surface area contributed by atoms with Gasteiger partial charge in [-0.3, -0.25) is 4.79 Å². The highest BCUT2D eigenvalue weighted by Gasteiger charge is 2.21. The number of carbonyl (C=O) groups excluding carboxylic acids is 1. The fraction of sp³-hybridized carbons (Fsp3) is 0.385. The van der Waals surface area contributed by atoms with E-state index in [-0.39, 0.29) is 34.8 Å². The number of sulfone groups is 1. The van der Waals surface area contributed by atoms with Gasteiger partial charge in [-0.25, -0.2) is 8.42 Å². The minimum atomic E-state index is -3.39. The molecule has 0 saturated heterocycles. The molecule has 1 aromatic rings. The topological polar surface area (TPSA) is 113 Å². The minimum Gasteiger partial charge on any atom is -0.409 e. The standard InChI is InChI=1S/C13H19N3O4S/c1-9(2)16(8-12(14)15-18)13(17)10-5-4-6-11(7-10)21(3,19)20/h4-7,9,18H,8H2,1-3H3,(H2,14,15). The second-order valence-corrected chi connectivity index (χ2v) is 6.93. The van der Waals surface area contributed by atoms with Gasteiger partial charge in [0, 0.05) is 17.9 Å². The van der Waals surface area contributed by atoms with Gasteiger partial charge in [0.1, 0.15) is 0 Å². The molecule has 0 aromatic heterocycles. The predicted octanol–water partition coefficient (Wildman–Crippen LogP) is 0.687. The molecule has 0 atom stereocenters. The van der Waals surface area contributed by atoms with Gasteiger partial charge >= 0.3 is 0 Å². The molecule has 0 radical (unpaired) electrons. The number of benzene rings is 1. The van der Waals surface area contributed by atoms with E-state index >= 15 is 0 Å². The Labute approximate surface area is 124 Å². The van der Waals surface area contributed by atoms with Crippen LogP contribution in [0.25, 0.3) is 0 Å². The van der Waals surface area contributed by atoms with Crippen LogP contribution in [0.15, 0.2) is 34.3 Å². The van der Waals surface area contributed by atoms with E-state index in [0.29, 0.717) is 0 Å². The van der Waals surface area contributed by atoms with Crippen LogP contribution in [0.1, 0.15) is 24.2 Å². The lowest BCUT2D eigenvalue weighted by Gasteiger charge is -2.26. The smallest absolute Gasteiger partial charge is 0.254 e. The SMILES string of the molecule is CC(C)N(CC(N)=NO)C(=O)c1cccc(S(C)(=O)=O)c1. The summed E-state index contributed by atoms with van der Waals surface area (Å²) in [6.07, 6.45) is 1.08. The molecule has 0 aliphatic carbocycles. The summed E-state index contributed by atoms with van der Waals surface area (Å²) in [5.74, 6) is -0.488. The summed E-state index contributed by atoms with van der Waals surface area (Å²) in [6, 6.07) is 5.58.